The van der Waals surface area contributed by atoms with Gasteiger partial charge in [0.05, 0.1) is 12.2 Å². The molecular weight excluding hydrogens is 278 g/mol. The second kappa shape index (κ2) is 7.02. The summed E-state index contributed by atoms with van der Waals surface area (Å²) < 4.78 is 0. The highest BCUT2D eigenvalue weighted by Crippen LogP contribution is 2.28. The van der Waals surface area contributed by atoms with Crippen molar-refractivity contribution in [1.82, 2.24) is 9.88 Å². The molecule has 1 saturated heterocycles. The van der Waals surface area contributed by atoms with Crippen LogP contribution in [0.3, 0.4) is 0 Å². The molecule has 1 aromatic rings. The van der Waals surface area contributed by atoms with Crippen molar-refractivity contribution in [3.8, 4) is 0 Å². The van der Waals surface area contributed by atoms with Crippen LogP contribution in [-0.2, 0) is 13.0 Å². The number of aryl methyl sites for hydroxylation is 1. The van der Waals surface area contributed by atoms with E-state index in [2.05, 4.69) is 31.1 Å². The van der Waals surface area contributed by atoms with Gasteiger partial charge in [0.25, 0.3) is 0 Å². The number of likely N-dealkylation sites (tertiary alicyclic amines) is 1. The molecule has 2 rings (SSSR count). The minimum atomic E-state index is 0. The molecule has 19 heavy (non-hydrogen) atoms. The smallest absolute Gasteiger partial charge is 0.107 e. The second-order valence-electron chi connectivity index (χ2n) is 6.08. The Balaban J connectivity index is 0.00000180. The van der Waals surface area contributed by atoms with Gasteiger partial charge in [-0.25, -0.2) is 4.98 Å². The molecule has 3 nitrogen and oxygen atoms in total. The van der Waals surface area contributed by atoms with E-state index in [9.17, 15) is 0 Å². The van der Waals surface area contributed by atoms with Crippen LogP contribution in [0.5, 0.6) is 0 Å². The van der Waals surface area contributed by atoms with Gasteiger partial charge in [0.15, 0.2) is 0 Å². The number of hydrogen-bond donors (Lipinski definition) is 1. The molecule has 1 atom stereocenters. The molecule has 0 aromatic carbocycles. The molecule has 2 heterocycles. The fourth-order valence-electron chi connectivity index (χ4n) is 2.60. The summed E-state index contributed by atoms with van der Waals surface area (Å²) in [5.41, 5.74) is 7.65. The maximum Gasteiger partial charge on any atom is 0.107 e. The first-order valence-electron chi connectivity index (χ1n) is 6.92. The van der Waals surface area contributed by atoms with E-state index >= 15 is 0 Å². The van der Waals surface area contributed by atoms with E-state index in [-0.39, 0.29) is 17.8 Å². The first kappa shape index (κ1) is 16.9. The molecule has 1 unspecified atom stereocenters. The van der Waals surface area contributed by atoms with Gasteiger partial charge < -0.3 is 5.73 Å². The van der Waals surface area contributed by atoms with Gasteiger partial charge in [0, 0.05) is 24.5 Å². The molecule has 1 aliphatic rings. The number of aromatic nitrogens is 1. The van der Waals surface area contributed by atoms with Gasteiger partial charge >= 0.3 is 0 Å². The molecule has 0 spiro atoms. The van der Waals surface area contributed by atoms with Crippen LogP contribution in [0.25, 0.3) is 0 Å². The quantitative estimate of drug-likeness (QED) is 0.929. The third kappa shape index (κ3) is 4.42. The fourth-order valence-corrected chi connectivity index (χ4v) is 3.47. The van der Waals surface area contributed by atoms with Gasteiger partial charge in [0.1, 0.15) is 5.01 Å². The van der Waals surface area contributed by atoms with Gasteiger partial charge in [-0.2, -0.15) is 0 Å². The number of rotatable bonds is 4. The summed E-state index contributed by atoms with van der Waals surface area (Å²) in [5.74, 6) is 0. The Morgan fingerprint density at radius 1 is 1.53 bits per heavy atom. The van der Waals surface area contributed by atoms with Crippen LogP contribution >= 0.6 is 23.7 Å². The van der Waals surface area contributed by atoms with E-state index in [0.29, 0.717) is 6.04 Å². The number of thiazole rings is 1. The number of halogens is 1. The lowest BCUT2D eigenvalue weighted by atomic mass is 9.80. The molecular formula is C14H26ClN3S. The largest absolute Gasteiger partial charge is 0.327 e. The molecule has 0 aliphatic carbocycles. The lowest BCUT2D eigenvalue weighted by Crippen LogP contribution is -2.52. The van der Waals surface area contributed by atoms with Crippen molar-refractivity contribution in [2.45, 2.75) is 52.6 Å². The zero-order valence-corrected chi connectivity index (χ0v) is 13.8. The third-order valence-electron chi connectivity index (χ3n) is 3.86. The van der Waals surface area contributed by atoms with Gasteiger partial charge in [-0.3, -0.25) is 4.90 Å². The van der Waals surface area contributed by atoms with Crippen LogP contribution in [-0.4, -0.2) is 29.0 Å². The highest BCUT2D eigenvalue weighted by molar-refractivity contribution is 7.09. The summed E-state index contributed by atoms with van der Waals surface area (Å²) in [6.45, 7) is 9.92. The van der Waals surface area contributed by atoms with Gasteiger partial charge in [-0.05, 0) is 18.3 Å². The second-order valence-corrected chi connectivity index (χ2v) is 7.02. The Bertz CT molecular complexity index is 392. The summed E-state index contributed by atoms with van der Waals surface area (Å²) >= 11 is 1.80. The highest BCUT2D eigenvalue weighted by Gasteiger charge is 2.33. The molecule has 1 aromatic heterocycles. The number of nitrogens with zero attached hydrogens (tertiary/aromatic N) is 2. The third-order valence-corrected chi connectivity index (χ3v) is 4.74. The van der Waals surface area contributed by atoms with Crippen LogP contribution in [0.4, 0.5) is 0 Å². The van der Waals surface area contributed by atoms with Crippen molar-refractivity contribution in [3.63, 3.8) is 0 Å². The molecule has 5 heteroatoms. The van der Waals surface area contributed by atoms with Gasteiger partial charge in [0.2, 0.25) is 0 Å². The van der Waals surface area contributed by atoms with Crippen molar-refractivity contribution >= 4 is 23.7 Å². The molecule has 1 fully saturated rings. The normalized spacial score (nSPS) is 23.1. The monoisotopic (exact) mass is 303 g/mol. The summed E-state index contributed by atoms with van der Waals surface area (Å²) in [4.78, 5) is 7.20. The van der Waals surface area contributed by atoms with Crippen LogP contribution in [0.15, 0.2) is 5.38 Å². The van der Waals surface area contributed by atoms with Gasteiger partial charge in [-0.1, -0.05) is 27.2 Å². The fraction of sp³-hybridized carbons (Fsp3) is 0.786. The standard InChI is InChI=1S/C14H25N3S.ClH/c1-4-5-11-9-18-13(16-11)8-17-7-6-12(15)14(2,3)10-17;/h9,12H,4-8,10,15H2,1-3H3;1H. The van der Waals surface area contributed by atoms with Crippen molar-refractivity contribution in [3.05, 3.63) is 16.1 Å². The van der Waals surface area contributed by atoms with Crippen molar-refractivity contribution < 1.29 is 0 Å². The molecule has 0 bridgehead atoms. The van der Waals surface area contributed by atoms with Gasteiger partial charge in [-0.15, -0.1) is 23.7 Å². The van der Waals surface area contributed by atoms with E-state index in [1.54, 1.807) is 11.3 Å². The molecule has 1 aliphatic heterocycles. The molecule has 0 amide bonds. The molecule has 0 radical (unpaired) electrons. The summed E-state index contributed by atoms with van der Waals surface area (Å²) in [5, 5.41) is 3.46. The van der Waals surface area contributed by atoms with E-state index in [1.165, 1.54) is 17.1 Å². The Morgan fingerprint density at radius 3 is 2.89 bits per heavy atom. The predicted molar refractivity (Wildman–Crippen MR) is 85.0 cm³/mol. The summed E-state index contributed by atoms with van der Waals surface area (Å²) in [7, 11) is 0. The first-order valence-corrected chi connectivity index (χ1v) is 7.80. The number of nitrogens with two attached hydrogens (primary N) is 1. The first-order chi connectivity index (χ1) is 8.51. The molecule has 2 N–H and O–H groups in total. The average Bonchev–Trinajstić information content (AvgIpc) is 2.71. The van der Waals surface area contributed by atoms with Crippen LogP contribution in [0.2, 0.25) is 0 Å². The SMILES string of the molecule is CCCc1csc(CN2CCC(N)C(C)(C)C2)n1.Cl. The summed E-state index contributed by atoms with van der Waals surface area (Å²) in [6, 6.07) is 0.334. The zero-order chi connectivity index (χ0) is 13.2. The maximum absolute atomic E-state index is 6.17. The Labute approximate surface area is 127 Å². The molecule has 110 valence electrons. The lowest BCUT2D eigenvalue weighted by Gasteiger charge is -2.42. The van der Waals surface area contributed by atoms with Crippen molar-refractivity contribution in [2.24, 2.45) is 11.1 Å². The lowest BCUT2D eigenvalue weighted by molar-refractivity contribution is 0.0898. The van der Waals surface area contributed by atoms with Crippen LogP contribution in [0, 0.1) is 5.41 Å². The van der Waals surface area contributed by atoms with Crippen LogP contribution in [0.1, 0.15) is 44.3 Å². The minimum Gasteiger partial charge on any atom is -0.327 e. The topological polar surface area (TPSA) is 42.1 Å². The zero-order valence-electron chi connectivity index (χ0n) is 12.2. The highest BCUT2D eigenvalue weighted by atomic mass is 35.5. The maximum atomic E-state index is 6.17. The van der Waals surface area contributed by atoms with E-state index in [1.807, 2.05) is 0 Å². The van der Waals surface area contributed by atoms with Crippen molar-refractivity contribution in [2.75, 3.05) is 13.1 Å². The predicted octanol–water partition coefficient (Wildman–Crippen LogP) is 3.08. The Hall–Kier alpha value is -0.160. The van der Waals surface area contributed by atoms with Crippen LogP contribution < -0.4 is 5.73 Å². The average molecular weight is 304 g/mol. The molecule has 0 saturated carbocycles. The van der Waals surface area contributed by atoms with E-state index < -0.39 is 0 Å². The van der Waals surface area contributed by atoms with E-state index in [4.69, 9.17) is 10.7 Å². The number of piperidine rings is 1. The van der Waals surface area contributed by atoms with Crippen molar-refractivity contribution in [1.29, 1.82) is 0 Å². The Kier molecular flexibility index (Phi) is 6.24. The number of hydrogen-bond acceptors (Lipinski definition) is 4. The minimum absolute atomic E-state index is 0. The Morgan fingerprint density at radius 2 is 2.26 bits per heavy atom. The van der Waals surface area contributed by atoms with E-state index in [0.717, 1.165) is 32.5 Å². The summed E-state index contributed by atoms with van der Waals surface area (Å²) in [6.07, 6.45) is 3.38.